The summed E-state index contributed by atoms with van der Waals surface area (Å²) in [5.41, 5.74) is 2.40. The molecule has 24 heavy (non-hydrogen) atoms. The smallest absolute Gasteiger partial charge is 0.336 e. The lowest BCUT2D eigenvalue weighted by molar-refractivity contribution is 0.0995. The predicted octanol–water partition coefficient (Wildman–Crippen LogP) is 4.12. The van der Waals surface area contributed by atoms with Gasteiger partial charge in [0.2, 0.25) is 0 Å². The van der Waals surface area contributed by atoms with Crippen LogP contribution in [0.5, 0.6) is 0 Å². The molecule has 2 aromatic heterocycles. The maximum absolute atomic E-state index is 12.4. The van der Waals surface area contributed by atoms with Crippen LogP contribution in [0, 0.1) is 13.8 Å². The number of furan rings is 1. The van der Waals surface area contributed by atoms with Crippen molar-refractivity contribution >= 4 is 34.3 Å². The third-order valence-electron chi connectivity index (χ3n) is 3.72. The molecule has 1 amide bonds. The van der Waals surface area contributed by atoms with Crippen LogP contribution in [-0.2, 0) is 5.75 Å². The lowest BCUT2D eigenvalue weighted by atomic mass is 10.1. The zero-order valence-electron chi connectivity index (χ0n) is 13.6. The maximum atomic E-state index is 12.4. The fourth-order valence-electron chi connectivity index (χ4n) is 2.50. The topological polar surface area (TPSA) is 72.5 Å². The molecule has 0 radical (unpaired) electrons. The fraction of sp³-hybridized carbons (Fsp3) is 0.222. The molecule has 5 nitrogen and oxygen atoms in total. The van der Waals surface area contributed by atoms with E-state index in [2.05, 4.69) is 5.32 Å². The molecule has 0 fully saturated rings. The second-order valence-corrected chi connectivity index (χ2v) is 6.43. The van der Waals surface area contributed by atoms with Crippen molar-refractivity contribution in [3.63, 3.8) is 0 Å². The fourth-order valence-corrected chi connectivity index (χ4v) is 2.94. The highest BCUT2D eigenvalue weighted by Crippen LogP contribution is 2.25. The molecule has 0 aliphatic heterocycles. The Bertz CT molecular complexity index is 971. The quantitative estimate of drug-likeness (QED) is 0.722. The van der Waals surface area contributed by atoms with Crippen molar-refractivity contribution in [1.82, 2.24) is 0 Å². The van der Waals surface area contributed by atoms with E-state index < -0.39 is 0 Å². The third kappa shape index (κ3) is 3.23. The second-order valence-electron chi connectivity index (χ2n) is 5.56. The second kappa shape index (κ2) is 6.57. The Morgan fingerprint density at radius 3 is 2.67 bits per heavy atom. The first-order chi connectivity index (χ1) is 11.5. The summed E-state index contributed by atoms with van der Waals surface area (Å²) in [4.78, 5) is 23.8. The van der Waals surface area contributed by atoms with Gasteiger partial charge in [-0.2, -0.15) is 11.8 Å². The average Bonchev–Trinajstić information content (AvgIpc) is 2.97. The van der Waals surface area contributed by atoms with Gasteiger partial charge in [0.15, 0.2) is 5.76 Å². The number of anilines is 1. The number of nitrogens with one attached hydrogen (secondary N) is 1. The van der Waals surface area contributed by atoms with E-state index in [4.69, 9.17) is 8.83 Å². The largest absolute Gasteiger partial charge is 0.455 e. The average molecular weight is 343 g/mol. The molecule has 2 heterocycles. The molecular formula is C18H17NO4S. The number of hydrogen-bond acceptors (Lipinski definition) is 5. The number of thioether (sulfide) groups is 1. The number of hydrogen-bond donors (Lipinski definition) is 1. The number of carbonyl (C=O) groups excluding carboxylic acids is 1. The Morgan fingerprint density at radius 2 is 1.92 bits per heavy atom. The van der Waals surface area contributed by atoms with E-state index in [-0.39, 0.29) is 17.3 Å². The van der Waals surface area contributed by atoms with Crippen molar-refractivity contribution in [3.05, 3.63) is 63.4 Å². The van der Waals surface area contributed by atoms with Crippen molar-refractivity contribution in [2.45, 2.75) is 19.6 Å². The van der Waals surface area contributed by atoms with Gasteiger partial charge in [0.1, 0.15) is 11.3 Å². The van der Waals surface area contributed by atoms with E-state index in [0.29, 0.717) is 11.3 Å². The predicted molar refractivity (Wildman–Crippen MR) is 95.8 cm³/mol. The first-order valence-electron chi connectivity index (χ1n) is 7.42. The molecule has 0 saturated carbocycles. The first-order valence-corrected chi connectivity index (χ1v) is 8.81. The lowest BCUT2D eigenvalue weighted by Crippen LogP contribution is -2.12. The standard InChI is InChI=1S/C18H17NO4S/c1-10-7-17(20)23-16-6-11(2)14(8-13(10)16)19-18(21)15-5-4-12(22-15)9-24-3/h4-8H,9H2,1-3H3,(H,19,21). The molecule has 0 unspecified atom stereocenters. The highest BCUT2D eigenvalue weighted by Gasteiger charge is 2.14. The molecule has 0 bridgehead atoms. The summed E-state index contributed by atoms with van der Waals surface area (Å²) in [7, 11) is 0. The van der Waals surface area contributed by atoms with Crippen LogP contribution in [0.25, 0.3) is 11.0 Å². The normalized spacial score (nSPS) is 11.0. The van der Waals surface area contributed by atoms with Gasteiger partial charge in [-0.15, -0.1) is 0 Å². The Labute approximate surface area is 143 Å². The van der Waals surface area contributed by atoms with E-state index in [1.54, 1.807) is 30.0 Å². The minimum Gasteiger partial charge on any atom is -0.455 e. The van der Waals surface area contributed by atoms with Crippen molar-refractivity contribution in [3.8, 4) is 0 Å². The summed E-state index contributed by atoms with van der Waals surface area (Å²) in [5.74, 6) is 1.45. The molecule has 6 heteroatoms. The summed E-state index contributed by atoms with van der Waals surface area (Å²) >= 11 is 1.63. The van der Waals surface area contributed by atoms with Gasteiger partial charge in [0, 0.05) is 17.1 Å². The zero-order valence-corrected chi connectivity index (χ0v) is 14.5. The van der Waals surface area contributed by atoms with Crippen molar-refractivity contribution in [2.75, 3.05) is 11.6 Å². The molecule has 0 atom stereocenters. The van der Waals surface area contributed by atoms with Crippen LogP contribution in [0.2, 0.25) is 0 Å². The molecule has 1 N–H and O–H groups in total. The molecule has 3 rings (SSSR count). The number of benzene rings is 1. The van der Waals surface area contributed by atoms with E-state index in [0.717, 1.165) is 28.0 Å². The van der Waals surface area contributed by atoms with Gasteiger partial charge >= 0.3 is 5.63 Å². The summed E-state index contributed by atoms with van der Waals surface area (Å²) < 4.78 is 10.7. The summed E-state index contributed by atoms with van der Waals surface area (Å²) in [6.45, 7) is 3.68. The Balaban J connectivity index is 1.92. The minimum atomic E-state index is -0.381. The van der Waals surface area contributed by atoms with E-state index in [1.807, 2.05) is 26.2 Å². The number of fused-ring (bicyclic) bond motifs is 1. The van der Waals surface area contributed by atoms with E-state index in [1.165, 1.54) is 6.07 Å². The summed E-state index contributed by atoms with van der Waals surface area (Å²) in [6, 6.07) is 8.47. The van der Waals surface area contributed by atoms with Crippen LogP contribution in [-0.4, -0.2) is 12.2 Å². The van der Waals surface area contributed by atoms with Crippen molar-refractivity contribution in [1.29, 1.82) is 0 Å². The van der Waals surface area contributed by atoms with Gasteiger partial charge in [0.05, 0.1) is 5.75 Å². The van der Waals surface area contributed by atoms with Gasteiger partial charge < -0.3 is 14.2 Å². The molecule has 3 aromatic rings. The molecule has 0 aliphatic rings. The summed E-state index contributed by atoms with van der Waals surface area (Å²) in [6.07, 6.45) is 1.97. The highest BCUT2D eigenvalue weighted by molar-refractivity contribution is 7.97. The minimum absolute atomic E-state index is 0.273. The third-order valence-corrected chi connectivity index (χ3v) is 4.29. The Kier molecular flexibility index (Phi) is 4.49. The Morgan fingerprint density at radius 1 is 1.12 bits per heavy atom. The maximum Gasteiger partial charge on any atom is 0.336 e. The summed E-state index contributed by atoms with van der Waals surface area (Å²) in [5, 5.41) is 3.65. The highest BCUT2D eigenvalue weighted by atomic mass is 32.2. The molecule has 124 valence electrons. The number of carbonyl (C=O) groups is 1. The van der Waals surface area contributed by atoms with Crippen molar-refractivity contribution < 1.29 is 13.6 Å². The van der Waals surface area contributed by atoms with Crippen LogP contribution in [0.1, 0.15) is 27.4 Å². The Hall–Kier alpha value is -2.47. The van der Waals surface area contributed by atoms with Crippen LogP contribution in [0.4, 0.5) is 5.69 Å². The van der Waals surface area contributed by atoms with Crippen LogP contribution < -0.4 is 10.9 Å². The number of aryl methyl sites for hydroxylation is 2. The monoisotopic (exact) mass is 343 g/mol. The first kappa shape index (κ1) is 16.4. The molecule has 1 aromatic carbocycles. The molecule has 0 aliphatic carbocycles. The van der Waals surface area contributed by atoms with Gasteiger partial charge in [-0.05, 0) is 55.5 Å². The van der Waals surface area contributed by atoms with Crippen LogP contribution in [0.15, 0.2) is 44.0 Å². The molecular weight excluding hydrogens is 326 g/mol. The van der Waals surface area contributed by atoms with Gasteiger partial charge in [0.25, 0.3) is 5.91 Å². The van der Waals surface area contributed by atoms with Crippen LogP contribution in [0.3, 0.4) is 0 Å². The zero-order chi connectivity index (χ0) is 17.3. The van der Waals surface area contributed by atoms with Crippen molar-refractivity contribution in [2.24, 2.45) is 0 Å². The van der Waals surface area contributed by atoms with Crippen LogP contribution >= 0.6 is 11.8 Å². The van der Waals surface area contributed by atoms with Gasteiger partial charge in [-0.1, -0.05) is 0 Å². The lowest BCUT2D eigenvalue weighted by Gasteiger charge is -2.09. The molecule has 0 saturated heterocycles. The van der Waals surface area contributed by atoms with Gasteiger partial charge in [-0.25, -0.2) is 4.79 Å². The number of rotatable bonds is 4. The SMILES string of the molecule is CSCc1ccc(C(=O)Nc2cc3c(C)cc(=O)oc3cc2C)o1. The van der Waals surface area contributed by atoms with Gasteiger partial charge in [-0.3, -0.25) is 4.79 Å². The number of amides is 1. The van der Waals surface area contributed by atoms with E-state index in [9.17, 15) is 9.59 Å². The van der Waals surface area contributed by atoms with E-state index >= 15 is 0 Å². The molecule has 0 spiro atoms.